The van der Waals surface area contributed by atoms with E-state index in [1.54, 1.807) is 7.11 Å². The number of methoxy groups -OCH3 is 1. The molecule has 1 aromatic heterocycles. The molecule has 0 aliphatic carbocycles. The second kappa shape index (κ2) is 3.87. The summed E-state index contributed by atoms with van der Waals surface area (Å²) in [7, 11) is 1.62. The molecule has 4 heteroatoms. The highest BCUT2D eigenvalue weighted by Gasteiger charge is 2.13. The third kappa shape index (κ3) is 1.64. The number of rotatable bonds is 2. The number of halogens is 1. The molecule has 15 heavy (non-hydrogen) atoms. The van der Waals surface area contributed by atoms with Gasteiger partial charge in [0, 0.05) is 10.9 Å². The zero-order valence-electron chi connectivity index (χ0n) is 8.50. The van der Waals surface area contributed by atoms with E-state index in [0.717, 1.165) is 26.8 Å². The number of aliphatic hydroxyl groups is 1. The SMILES string of the molecule is COc1cc(Br)c2oc(CO)c(C)c2c1. The standard InChI is InChI=1S/C11H11BrO3/c1-6-8-3-7(14-2)4-9(12)11(8)15-10(6)5-13/h3-4,13H,5H2,1-2H3. The van der Waals surface area contributed by atoms with E-state index in [1.165, 1.54) is 0 Å². The van der Waals surface area contributed by atoms with Crippen LogP contribution in [0.4, 0.5) is 0 Å². The predicted octanol–water partition coefficient (Wildman–Crippen LogP) is 3.00. The van der Waals surface area contributed by atoms with Crippen LogP contribution in [0, 0.1) is 6.92 Å². The lowest BCUT2D eigenvalue weighted by Gasteiger charge is -2.00. The second-order valence-electron chi connectivity index (χ2n) is 3.29. The van der Waals surface area contributed by atoms with E-state index in [9.17, 15) is 0 Å². The lowest BCUT2D eigenvalue weighted by atomic mass is 10.1. The maximum absolute atomic E-state index is 9.10. The van der Waals surface area contributed by atoms with Gasteiger partial charge in [0.05, 0.1) is 11.6 Å². The first-order chi connectivity index (χ1) is 7.17. The van der Waals surface area contributed by atoms with Crippen molar-refractivity contribution >= 4 is 26.9 Å². The second-order valence-corrected chi connectivity index (χ2v) is 4.15. The Hall–Kier alpha value is -1.00. The van der Waals surface area contributed by atoms with E-state index < -0.39 is 0 Å². The van der Waals surface area contributed by atoms with Crippen LogP contribution in [-0.2, 0) is 6.61 Å². The Morgan fingerprint density at radius 1 is 1.47 bits per heavy atom. The Bertz CT molecular complexity index is 502. The van der Waals surface area contributed by atoms with Crippen LogP contribution in [0.5, 0.6) is 5.75 Å². The largest absolute Gasteiger partial charge is 0.497 e. The van der Waals surface area contributed by atoms with Crippen LogP contribution in [0.15, 0.2) is 21.0 Å². The van der Waals surface area contributed by atoms with Crippen LogP contribution in [0.3, 0.4) is 0 Å². The summed E-state index contributed by atoms with van der Waals surface area (Å²) in [5.41, 5.74) is 1.70. The fourth-order valence-electron chi connectivity index (χ4n) is 1.57. The summed E-state index contributed by atoms with van der Waals surface area (Å²) < 4.78 is 11.5. The summed E-state index contributed by atoms with van der Waals surface area (Å²) in [6.07, 6.45) is 0. The van der Waals surface area contributed by atoms with Gasteiger partial charge in [-0.3, -0.25) is 0 Å². The molecule has 2 aromatic rings. The van der Waals surface area contributed by atoms with Crippen molar-refractivity contribution in [3.63, 3.8) is 0 Å². The summed E-state index contributed by atoms with van der Waals surface area (Å²) >= 11 is 3.41. The Balaban J connectivity index is 2.77. The number of hydrogen-bond donors (Lipinski definition) is 1. The summed E-state index contributed by atoms with van der Waals surface area (Å²) in [6.45, 7) is 1.83. The highest BCUT2D eigenvalue weighted by molar-refractivity contribution is 9.10. The Kier molecular flexibility index (Phi) is 2.71. The molecule has 0 radical (unpaired) electrons. The summed E-state index contributed by atoms with van der Waals surface area (Å²) in [4.78, 5) is 0. The van der Waals surface area contributed by atoms with Gasteiger partial charge in [0.2, 0.25) is 0 Å². The molecule has 0 aliphatic rings. The van der Waals surface area contributed by atoms with Crippen LogP contribution >= 0.6 is 15.9 Å². The molecule has 0 fully saturated rings. The van der Waals surface area contributed by atoms with E-state index in [1.807, 2.05) is 19.1 Å². The van der Waals surface area contributed by atoms with Gasteiger partial charge < -0.3 is 14.3 Å². The third-order valence-electron chi connectivity index (χ3n) is 2.44. The number of hydrogen-bond acceptors (Lipinski definition) is 3. The first-order valence-electron chi connectivity index (χ1n) is 4.53. The van der Waals surface area contributed by atoms with Crippen LogP contribution < -0.4 is 4.74 Å². The van der Waals surface area contributed by atoms with Crippen LogP contribution in [0.1, 0.15) is 11.3 Å². The van der Waals surface area contributed by atoms with Gasteiger partial charge in [0.25, 0.3) is 0 Å². The number of aliphatic hydroxyl groups excluding tert-OH is 1. The van der Waals surface area contributed by atoms with Crippen molar-refractivity contribution in [2.45, 2.75) is 13.5 Å². The monoisotopic (exact) mass is 270 g/mol. The van der Waals surface area contributed by atoms with Crippen molar-refractivity contribution in [1.82, 2.24) is 0 Å². The summed E-state index contributed by atoms with van der Waals surface area (Å²) in [5, 5.41) is 10.1. The number of ether oxygens (including phenoxy) is 1. The van der Waals surface area contributed by atoms with E-state index in [-0.39, 0.29) is 6.61 Å². The number of fused-ring (bicyclic) bond motifs is 1. The lowest BCUT2D eigenvalue weighted by molar-refractivity contribution is 0.250. The minimum Gasteiger partial charge on any atom is -0.497 e. The van der Waals surface area contributed by atoms with Crippen LogP contribution in [0.2, 0.25) is 0 Å². The Morgan fingerprint density at radius 2 is 2.20 bits per heavy atom. The molecular formula is C11H11BrO3. The van der Waals surface area contributed by atoms with Gasteiger partial charge in [0.1, 0.15) is 23.7 Å². The van der Waals surface area contributed by atoms with Gasteiger partial charge in [-0.05, 0) is 35.0 Å². The Labute approximate surface area is 95.8 Å². The fraction of sp³-hybridized carbons (Fsp3) is 0.273. The molecule has 1 aromatic carbocycles. The lowest BCUT2D eigenvalue weighted by Crippen LogP contribution is -1.83. The fourth-order valence-corrected chi connectivity index (χ4v) is 2.09. The van der Waals surface area contributed by atoms with Gasteiger partial charge in [0.15, 0.2) is 0 Å². The highest BCUT2D eigenvalue weighted by Crippen LogP contribution is 2.34. The van der Waals surface area contributed by atoms with E-state index in [2.05, 4.69) is 15.9 Å². The third-order valence-corrected chi connectivity index (χ3v) is 3.03. The first kappa shape index (κ1) is 10.5. The van der Waals surface area contributed by atoms with E-state index in [4.69, 9.17) is 14.3 Å². The number of benzene rings is 1. The van der Waals surface area contributed by atoms with Crippen molar-refractivity contribution in [3.05, 3.63) is 27.9 Å². The Morgan fingerprint density at radius 3 is 2.80 bits per heavy atom. The molecule has 0 bridgehead atoms. The maximum Gasteiger partial charge on any atom is 0.149 e. The maximum atomic E-state index is 9.10. The molecule has 0 saturated carbocycles. The average molecular weight is 271 g/mol. The van der Waals surface area contributed by atoms with Crippen LogP contribution in [-0.4, -0.2) is 12.2 Å². The number of furan rings is 1. The number of aryl methyl sites for hydroxylation is 1. The van der Waals surface area contributed by atoms with Gasteiger partial charge in [-0.15, -0.1) is 0 Å². The summed E-state index contributed by atoms with van der Waals surface area (Å²) in [6, 6.07) is 3.74. The van der Waals surface area contributed by atoms with E-state index in [0.29, 0.717) is 5.76 Å². The van der Waals surface area contributed by atoms with Crippen molar-refractivity contribution < 1.29 is 14.3 Å². The average Bonchev–Trinajstić information content (AvgIpc) is 2.56. The molecule has 0 unspecified atom stereocenters. The smallest absolute Gasteiger partial charge is 0.149 e. The van der Waals surface area contributed by atoms with Crippen molar-refractivity contribution in [3.8, 4) is 5.75 Å². The van der Waals surface area contributed by atoms with Crippen molar-refractivity contribution in [2.24, 2.45) is 0 Å². The molecule has 0 aliphatic heterocycles. The molecule has 0 amide bonds. The predicted molar refractivity (Wildman–Crippen MR) is 61.1 cm³/mol. The molecule has 0 spiro atoms. The molecular weight excluding hydrogens is 260 g/mol. The molecule has 1 heterocycles. The van der Waals surface area contributed by atoms with Crippen LogP contribution in [0.25, 0.3) is 11.0 Å². The molecule has 0 atom stereocenters. The van der Waals surface area contributed by atoms with Crippen molar-refractivity contribution in [1.29, 1.82) is 0 Å². The van der Waals surface area contributed by atoms with Gasteiger partial charge in [-0.1, -0.05) is 0 Å². The zero-order valence-corrected chi connectivity index (χ0v) is 10.1. The molecule has 1 N–H and O–H groups in total. The van der Waals surface area contributed by atoms with Gasteiger partial charge in [-0.25, -0.2) is 0 Å². The van der Waals surface area contributed by atoms with Gasteiger partial charge in [-0.2, -0.15) is 0 Å². The molecule has 3 nitrogen and oxygen atoms in total. The topological polar surface area (TPSA) is 42.6 Å². The molecule has 0 saturated heterocycles. The van der Waals surface area contributed by atoms with E-state index >= 15 is 0 Å². The summed E-state index contributed by atoms with van der Waals surface area (Å²) in [5.74, 6) is 1.36. The minimum atomic E-state index is -0.0880. The minimum absolute atomic E-state index is 0.0880. The highest BCUT2D eigenvalue weighted by atomic mass is 79.9. The zero-order chi connectivity index (χ0) is 11.0. The normalized spacial score (nSPS) is 10.9. The molecule has 2 rings (SSSR count). The quantitative estimate of drug-likeness (QED) is 0.912. The first-order valence-corrected chi connectivity index (χ1v) is 5.33. The molecule has 80 valence electrons. The van der Waals surface area contributed by atoms with Crippen molar-refractivity contribution in [2.75, 3.05) is 7.11 Å². The van der Waals surface area contributed by atoms with Gasteiger partial charge >= 0.3 is 0 Å².